The van der Waals surface area contributed by atoms with E-state index >= 15 is 0 Å². The maximum Gasteiger partial charge on any atom is 0.308 e. The highest BCUT2D eigenvalue weighted by Crippen LogP contribution is 2.37. The highest BCUT2D eigenvalue weighted by molar-refractivity contribution is 5.70. The summed E-state index contributed by atoms with van der Waals surface area (Å²) in [4.78, 5) is 11.2. The third-order valence-corrected chi connectivity index (χ3v) is 2.99. The van der Waals surface area contributed by atoms with Gasteiger partial charge in [-0.25, -0.2) is 0 Å². The number of carbonyl (C=O) groups is 1. The standard InChI is InChI=1S/C10H17NO3/c1-2-13-9(12)3-8-4-10(7-14-8)5-11-6-10/h8,11H,2-7H2,1H3. The minimum atomic E-state index is -0.137. The Morgan fingerprint density at radius 2 is 2.43 bits per heavy atom. The molecule has 4 heteroatoms. The molecule has 0 aromatic carbocycles. The lowest BCUT2D eigenvalue weighted by atomic mass is 9.79. The van der Waals surface area contributed by atoms with Crippen molar-refractivity contribution in [2.45, 2.75) is 25.9 Å². The van der Waals surface area contributed by atoms with Gasteiger partial charge in [0.2, 0.25) is 0 Å². The third-order valence-electron chi connectivity index (χ3n) is 2.99. The zero-order chi connectivity index (χ0) is 10.0. The molecular formula is C10H17NO3. The first-order valence-corrected chi connectivity index (χ1v) is 5.22. The van der Waals surface area contributed by atoms with Crippen LogP contribution in [0.3, 0.4) is 0 Å². The summed E-state index contributed by atoms with van der Waals surface area (Å²) in [6.07, 6.45) is 1.49. The quantitative estimate of drug-likeness (QED) is 0.665. The smallest absolute Gasteiger partial charge is 0.308 e. The summed E-state index contributed by atoms with van der Waals surface area (Å²) in [6, 6.07) is 0. The van der Waals surface area contributed by atoms with Gasteiger partial charge in [0.25, 0.3) is 0 Å². The zero-order valence-corrected chi connectivity index (χ0v) is 8.54. The lowest BCUT2D eigenvalue weighted by molar-refractivity contribution is -0.145. The monoisotopic (exact) mass is 199 g/mol. The van der Waals surface area contributed by atoms with Crippen molar-refractivity contribution in [1.29, 1.82) is 0 Å². The van der Waals surface area contributed by atoms with Gasteiger partial charge in [-0.05, 0) is 13.3 Å². The number of carbonyl (C=O) groups excluding carboxylic acids is 1. The molecule has 0 aromatic rings. The number of ether oxygens (including phenoxy) is 2. The molecule has 0 radical (unpaired) electrons. The van der Waals surface area contributed by atoms with E-state index in [-0.39, 0.29) is 12.1 Å². The van der Waals surface area contributed by atoms with Crippen molar-refractivity contribution in [3.63, 3.8) is 0 Å². The molecule has 4 nitrogen and oxygen atoms in total. The molecule has 1 atom stereocenters. The lowest BCUT2D eigenvalue weighted by Crippen LogP contribution is -2.53. The molecule has 2 aliphatic rings. The van der Waals surface area contributed by atoms with Crippen LogP contribution in [0.4, 0.5) is 0 Å². The van der Waals surface area contributed by atoms with Gasteiger partial charge in [-0.15, -0.1) is 0 Å². The SMILES string of the molecule is CCOC(=O)CC1CC2(CNC2)CO1. The lowest BCUT2D eigenvalue weighted by Gasteiger charge is -2.37. The van der Waals surface area contributed by atoms with Gasteiger partial charge >= 0.3 is 5.97 Å². The van der Waals surface area contributed by atoms with Crippen LogP contribution in [0.15, 0.2) is 0 Å². The maximum atomic E-state index is 11.2. The van der Waals surface area contributed by atoms with Crippen LogP contribution in [0, 0.1) is 5.41 Å². The Hall–Kier alpha value is -0.610. The van der Waals surface area contributed by atoms with Gasteiger partial charge in [0.15, 0.2) is 0 Å². The first-order valence-electron chi connectivity index (χ1n) is 5.22. The summed E-state index contributed by atoms with van der Waals surface area (Å²) in [6.45, 7) is 5.14. The fourth-order valence-electron chi connectivity index (χ4n) is 2.16. The minimum absolute atomic E-state index is 0.0798. The second-order valence-electron chi connectivity index (χ2n) is 4.25. The normalized spacial score (nSPS) is 28.8. The van der Waals surface area contributed by atoms with Gasteiger partial charge in [-0.2, -0.15) is 0 Å². The Morgan fingerprint density at radius 3 is 2.93 bits per heavy atom. The molecule has 80 valence electrons. The summed E-state index contributed by atoms with van der Waals surface area (Å²) in [5.41, 5.74) is 0.331. The largest absolute Gasteiger partial charge is 0.466 e. The highest BCUT2D eigenvalue weighted by atomic mass is 16.5. The summed E-state index contributed by atoms with van der Waals surface area (Å²) in [7, 11) is 0. The van der Waals surface area contributed by atoms with Crippen LogP contribution in [-0.2, 0) is 14.3 Å². The van der Waals surface area contributed by atoms with E-state index in [0.29, 0.717) is 18.4 Å². The van der Waals surface area contributed by atoms with Crippen molar-refractivity contribution in [3.8, 4) is 0 Å². The van der Waals surface area contributed by atoms with Crippen molar-refractivity contribution in [3.05, 3.63) is 0 Å². The van der Waals surface area contributed by atoms with E-state index in [9.17, 15) is 4.79 Å². The van der Waals surface area contributed by atoms with E-state index in [1.54, 1.807) is 0 Å². The van der Waals surface area contributed by atoms with Crippen LogP contribution >= 0.6 is 0 Å². The Kier molecular flexibility index (Phi) is 2.74. The van der Waals surface area contributed by atoms with Crippen LogP contribution in [0.2, 0.25) is 0 Å². The van der Waals surface area contributed by atoms with Crippen molar-refractivity contribution < 1.29 is 14.3 Å². The fourth-order valence-corrected chi connectivity index (χ4v) is 2.16. The average Bonchev–Trinajstić information content (AvgIpc) is 2.48. The number of esters is 1. The van der Waals surface area contributed by atoms with Crippen molar-refractivity contribution in [2.75, 3.05) is 26.3 Å². The van der Waals surface area contributed by atoms with Gasteiger partial charge in [0, 0.05) is 18.5 Å². The molecule has 0 aromatic heterocycles. The third kappa shape index (κ3) is 1.91. The molecule has 0 amide bonds. The van der Waals surface area contributed by atoms with E-state index in [2.05, 4.69) is 5.32 Å². The number of rotatable bonds is 3. The molecule has 2 aliphatic heterocycles. The summed E-state index contributed by atoms with van der Waals surface area (Å²) >= 11 is 0. The number of hydrogen-bond donors (Lipinski definition) is 1. The summed E-state index contributed by atoms with van der Waals surface area (Å²) in [5, 5.41) is 3.25. The van der Waals surface area contributed by atoms with Gasteiger partial charge in [0.05, 0.1) is 25.7 Å². The van der Waals surface area contributed by atoms with E-state index in [1.165, 1.54) is 0 Å². The first kappa shape index (κ1) is 9.93. The van der Waals surface area contributed by atoms with Crippen LogP contribution < -0.4 is 5.32 Å². The Labute approximate surface area is 84.0 Å². The van der Waals surface area contributed by atoms with Gasteiger partial charge < -0.3 is 14.8 Å². The molecule has 1 spiro atoms. The zero-order valence-electron chi connectivity index (χ0n) is 8.54. The molecule has 1 unspecified atom stereocenters. The van der Waals surface area contributed by atoms with Gasteiger partial charge in [0.1, 0.15) is 0 Å². The fraction of sp³-hybridized carbons (Fsp3) is 0.900. The molecule has 2 saturated heterocycles. The van der Waals surface area contributed by atoms with E-state index in [4.69, 9.17) is 9.47 Å². The predicted octanol–water partition coefficient (Wildman–Crippen LogP) is 0.318. The molecule has 1 N–H and O–H groups in total. The topological polar surface area (TPSA) is 47.6 Å². The van der Waals surface area contributed by atoms with Crippen molar-refractivity contribution in [2.24, 2.45) is 5.41 Å². The van der Waals surface area contributed by atoms with Crippen molar-refractivity contribution in [1.82, 2.24) is 5.32 Å². The van der Waals surface area contributed by atoms with Crippen LogP contribution in [-0.4, -0.2) is 38.4 Å². The van der Waals surface area contributed by atoms with E-state index in [1.807, 2.05) is 6.92 Å². The molecular weight excluding hydrogens is 182 g/mol. The van der Waals surface area contributed by atoms with Crippen LogP contribution in [0.5, 0.6) is 0 Å². The predicted molar refractivity (Wildman–Crippen MR) is 50.9 cm³/mol. The Morgan fingerprint density at radius 1 is 1.64 bits per heavy atom. The Balaban J connectivity index is 1.75. The van der Waals surface area contributed by atoms with Crippen LogP contribution in [0.1, 0.15) is 19.8 Å². The molecule has 14 heavy (non-hydrogen) atoms. The maximum absolute atomic E-state index is 11.2. The number of nitrogens with one attached hydrogen (secondary N) is 1. The molecule has 0 aliphatic carbocycles. The van der Waals surface area contributed by atoms with E-state index in [0.717, 1.165) is 26.1 Å². The van der Waals surface area contributed by atoms with E-state index < -0.39 is 0 Å². The van der Waals surface area contributed by atoms with Gasteiger partial charge in [-0.3, -0.25) is 4.79 Å². The number of hydrogen-bond acceptors (Lipinski definition) is 4. The first-order chi connectivity index (χ1) is 6.74. The molecule has 2 fully saturated rings. The molecule has 2 rings (SSSR count). The second kappa shape index (κ2) is 3.87. The van der Waals surface area contributed by atoms with Gasteiger partial charge in [-0.1, -0.05) is 0 Å². The molecule has 2 heterocycles. The molecule has 0 saturated carbocycles. The highest BCUT2D eigenvalue weighted by Gasteiger charge is 2.45. The minimum Gasteiger partial charge on any atom is -0.466 e. The van der Waals surface area contributed by atoms with Crippen LogP contribution in [0.25, 0.3) is 0 Å². The summed E-state index contributed by atoms with van der Waals surface area (Å²) < 4.78 is 10.5. The molecule has 0 bridgehead atoms. The average molecular weight is 199 g/mol. The second-order valence-corrected chi connectivity index (χ2v) is 4.25. The van der Waals surface area contributed by atoms with Crippen molar-refractivity contribution >= 4 is 5.97 Å². The Bertz CT molecular complexity index is 225. The summed E-state index contributed by atoms with van der Waals surface area (Å²) in [5.74, 6) is -0.137.